The Bertz CT molecular complexity index is 366. The molecule has 0 radical (unpaired) electrons. The van der Waals surface area contributed by atoms with Crippen LogP contribution in [0.3, 0.4) is 0 Å². The van der Waals surface area contributed by atoms with Crippen molar-refractivity contribution in [3.63, 3.8) is 0 Å². The van der Waals surface area contributed by atoms with Crippen LogP contribution in [0.4, 0.5) is 0 Å². The first-order chi connectivity index (χ1) is 8.31. The fraction of sp³-hybridized carbons (Fsp3) is 0.667. The summed E-state index contributed by atoms with van der Waals surface area (Å²) in [7, 11) is 0. The molecule has 0 spiro atoms. The van der Waals surface area contributed by atoms with Gasteiger partial charge in [0.25, 0.3) is 0 Å². The molecule has 1 saturated heterocycles. The molecule has 0 unspecified atom stereocenters. The van der Waals surface area contributed by atoms with Crippen LogP contribution in [0, 0.1) is 0 Å². The van der Waals surface area contributed by atoms with Gasteiger partial charge < -0.3 is 4.52 Å². The van der Waals surface area contributed by atoms with Crippen LogP contribution in [0.5, 0.6) is 0 Å². The zero-order chi connectivity index (χ0) is 12.1. The smallest absolute Gasteiger partial charge is 0.150 e. The third kappa shape index (κ3) is 3.30. The van der Waals surface area contributed by atoms with E-state index in [0.29, 0.717) is 0 Å². The maximum Gasteiger partial charge on any atom is 0.150 e. The number of hydrazone groups is 1. The molecular weight excluding hydrogens is 216 g/mol. The average Bonchev–Trinajstić information content (AvgIpc) is 2.80. The quantitative estimate of drug-likeness (QED) is 0.740. The molecule has 1 aliphatic rings. The molecule has 0 N–H and O–H groups in total. The molecule has 94 valence electrons. The van der Waals surface area contributed by atoms with Crippen molar-refractivity contribution < 1.29 is 4.52 Å². The minimum absolute atomic E-state index is 0.858. The average molecular weight is 236 g/mol. The van der Waals surface area contributed by atoms with E-state index in [4.69, 9.17) is 4.52 Å². The first-order valence-corrected chi connectivity index (χ1v) is 6.22. The maximum atomic E-state index is 5.30. The molecule has 0 saturated carbocycles. The minimum atomic E-state index is 0.858. The van der Waals surface area contributed by atoms with E-state index in [1.165, 1.54) is 0 Å². The third-order valence-corrected chi connectivity index (χ3v) is 2.98. The lowest BCUT2D eigenvalue weighted by Gasteiger charge is -2.32. The summed E-state index contributed by atoms with van der Waals surface area (Å²) in [5.41, 5.74) is 1.04. The summed E-state index contributed by atoms with van der Waals surface area (Å²) in [6.07, 6.45) is 2.78. The Balaban J connectivity index is 1.81. The van der Waals surface area contributed by atoms with Gasteiger partial charge in [-0.05, 0) is 13.3 Å². The van der Waals surface area contributed by atoms with Gasteiger partial charge in [0.15, 0.2) is 5.76 Å². The summed E-state index contributed by atoms with van der Waals surface area (Å²) in [6.45, 7) is 8.92. The SMILES string of the molecule is C/C=N\N1CCN(Cc2cc(CC)no2)CC1. The molecule has 1 aliphatic heterocycles. The van der Waals surface area contributed by atoms with Crippen molar-refractivity contribution in [2.75, 3.05) is 26.2 Å². The van der Waals surface area contributed by atoms with E-state index in [9.17, 15) is 0 Å². The van der Waals surface area contributed by atoms with Crippen molar-refractivity contribution in [1.82, 2.24) is 15.1 Å². The van der Waals surface area contributed by atoms with E-state index in [-0.39, 0.29) is 0 Å². The van der Waals surface area contributed by atoms with Gasteiger partial charge in [-0.1, -0.05) is 12.1 Å². The fourth-order valence-corrected chi connectivity index (χ4v) is 1.99. The maximum absolute atomic E-state index is 5.30. The molecule has 0 bridgehead atoms. The van der Waals surface area contributed by atoms with E-state index in [0.717, 1.165) is 50.6 Å². The van der Waals surface area contributed by atoms with E-state index < -0.39 is 0 Å². The molecular formula is C12H20N4O. The van der Waals surface area contributed by atoms with Crippen LogP contribution in [0.25, 0.3) is 0 Å². The topological polar surface area (TPSA) is 44.9 Å². The molecule has 0 aromatic carbocycles. The summed E-state index contributed by atoms with van der Waals surface area (Å²) in [6, 6.07) is 2.05. The Kier molecular flexibility index (Phi) is 4.14. The number of aryl methyl sites for hydroxylation is 1. The number of aromatic nitrogens is 1. The highest BCUT2D eigenvalue weighted by atomic mass is 16.5. The predicted molar refractivity (Wildman–Crippen MR) is 66.9 cm³/mol. The second-order valence-electron chi connectivity index (χ2n) is 4.24. The third-order valence-electron chi connectivity index (χ3n) is 2.98. The summed E-state index contributed by atoms with van der Waals surface area (Å²) < 4.78 is 5.30. The van der Waals surface area contributed by atoms with Crippen LogP contribution < -0.4 is 0 Å². The van der Waals surface area contributed by atoms with E-state index in [1.807, 2.05) is 13.1 Å². The van der Waals surface area contributed by atoms with Crippen molar-refractivity contribution in [1.29, 1.82) is 0 Å². The lowest BCUT2D eigenvalue weighted by molar-refractivity contribution is 0.122. The highest BCUT2D eigenvalue weighted by Crippen LogP contribution is 2.10. The van der Waals surface area contributed by atoms with Gasteiger partial charge in [-0.15, -0.1) is 0 Å². The zero-order valence-corrected chi connectivity index (χ0v) is 10.6. The number of nitrogens with zero attached hydrogens (tertiary/aromatic N) is 4. The summed E-state index contributed by atoms with van der Waals surface area (Å²) in [5, 5.41) is 10.4. The second kappa shape index (κ2) is 5.82. The molecule has 0 aliphatic carbocycles. The summed E-state index contributed by atoms with van der Waals surface area (Å²) in [5.74, 6) is 0.967. The van der Waals surface area contributed by atoms with E-state index in [1.54, 1.807) is 0 Å². The number of rotatable bonds is 4. The highest BCUT2D eigenvalue weighted by molar-refractivity contribution is 5.52. The number of piperazine rings is 1. The Labute approximate surface area is 102 Å². The van der Waals surface area contributed by atoms with Crippen molar-refractivity contribution in [3.05, 3.63) is 17.5 Å². The molecule has 1 aromatic rings. The number of hydrogen-bond acceptors (Lipinski definition) is 5. The first-order valence-electron chi connectivity index (χ1n) is 6.22. The van der Waals surface area contributed by atoms with Crippen LogP contribution in [0.2, 0.25) is 0 Å². The van der Waals surface area contributed by atoms with Crippen LogP contribution in [0.15, 0.2) is 15.7 Å². The van der Waals surface area contributed by atoms with E-state index >= 15 is 0 Å². The summed E-state index contributed by atoms with van der Waals surface area (Å²) >= 11 is 0. The molecule has 17 heavy (non-hydrogen) atoms. The normalized spacial score (nSPS) is 18.1. The first kappa shape index (κ1) is 12.1. The van der Waals surface area contributed by atoms with Crippen LogP contribution in [-0.4, -0.2) is 47.5 Å². The Morgan fingerprint density at radius 2 is 2.18 bits per heavy atom. The van der Waals surface area contributed by atoms with Crippen molar-refractivity contribution >= 4 is 6.21 Å². The molecule has 1 fully saturated rings. The fourth-order valence-electron chi connectivity index (χ4n) is 1.99. The Morgan fingerprint density at radius 3 is 2.76 bits per heavy atom. The molecule has 2 heterocycles. The van der Waals surface area contributed by atoms with E-state index in [2.05, 4.69) is 33.2 Å². The number of hydrogen-bond donors (Lipinski definition) is 0. The van der Waals surface area contributed by atoms with Crippen LogP contribution >= 0.6 is 0 Å². The van der Waals surface area contributed by atoms with Gasteiger partial charge in [0.2, 0.25) is 0 Å². The molecule has 0 atom stereocenters. The molecule has 2 rings (SSSR count). The van der Waals surface area contributed by atoms with Gasteiger partial charge in [0.05, 0.1) is 12.2 Å². The van der Waals surface area contributed by atoms with Gasteiger partial charge in [0, 0.05) is 38.5 Å². The van der Waals surface area contributed by atoms with Gasteiger partial charge in [-0.2, -0.15) is 5.10 Å². The van der Waals surface area contributed by atoms with Crippen molar-refractivity contribution in [2.45, 2.75) is 26.8 Å². The van der Waals surface area contributed by atoms with Gasteiger partial charge in [-0.25, -0.2) is 0 Å². The minimum Gasteiger partial charge on any atom is -0.360 e. The zero-order valence-electron chi connectivity index (χ0n) is 10.6. The van der Waals surface area contributed by atoms with Crippen LogP contribution in [-0.2, 0) is 13.0 Å². The molecule has 5 nitrogen and oxygen atoms in total. The van der Waals surface area contributed by atoms with Crippen molar-refractivity contribution in [3.8, 4) is 0 Å². The Hall–Kier alpha value is -1.36. The predicted octanol–water partition coefficient (Wildman–Crippen LogP) is 1.36. The molecule has 1 aromatic heterocycles. The lowest BCUT2D eigenvalue weighted by Crippen LogP contribution is -2.43. The van der Waals surface area contributed by atoms with Crippen molar-refractivity contribution in [2.24, 2.45) is 5.10 Å². The monoisotopic (exact) mass is 236 g/mol. The Morgan fingerprint density at radius 1 is 1.41 bits per heavy atom. The molecule has 5 heteroatoms. The standard InChI is InChI=1S/C12H20N4O/c1-3-11-9-12(17-14-11)10-15-5-7-16(8-6-15)13-4-2/h4,9H,3,5-8,10H2,1-2H3/b13-4-. The highest BCUT2D eigenvalue weighted by Gasteiger charge is 2.16. The summed E-state index contributed by atoms with van der Waals surface area (Å²) in [4.78, 5) is 2.38. The van der Waals surface area contributed by atoms with Gasteiger partial charge in [0.1, 0.15) is 0 Å². The largest absolute Gasteiger partial charge is 0.360 e. The second-order valence-corrected chi connectivity index (χ2v) is 4.24. The lowest BCUT2D eigenvalue weighted by atomic mass is 10.3. The van der Waals surface area contributed by atoms with Gasteiger partial charge >= 0.3 is 0 Å². The van der Waals surface area contributed by atoms with Gasteiger partial charge in [-0.3, -0.25) is 9.91 Å². The molecule has 0 amide bonds. The van der Waals surface area contributed by atoms with Crippen LogP contribution in [0.1, 0.15) is 25.3 Å².